The minimum atomic E-state index is -4.70. The number of amides is 5. The number of unbranched alkanes of at least 4 members (excludes halogenated alkanes) is 6. The summed E-state index contributed by atoms with van der Waals surface area (Å²) in [4.78, 5) is 85.2. The van der Waals surface area contributed by atoms with Gasteiger partial charge in [0.05, 0.1) is 53.0 Å². The number of aromatic nitrogens is 1. The van der Waals surface area contributed by atoms with Gasteiger partial charge in [0.15, 0.2) is 5.78 Å². The van der Waals surface area contributed by atoms with Gasteiger partial charge in [0.25, 0.3) is 17.7 Å². The van der Waals surface area contributed by atoms with Crippen LogP contribution in [0.2, 0.25) is 0 Å². The zero-order valence-corrected chi connectivity index (χ0v) is 38.1. The van der Waals surface area contributed by atoms with Gasteiger partial charge in [0.2, 0.25) is 11.8 Å². The fraction of sp³-hybridized carbons (Fsp3) is 0.408. The van der Waals surface area contributed by atoms with Crippen LogP contribution in [0.25, 0.3) is 0 Å². The van der Waals surface area contributed by atoms with Crippen LogP contribution in [-0.4, -0.2) is 110 Å². The first-order valence-corrected chi connectivity index (χ1v) is 22.9. The molecule has 1 aromatic heterocycles. The maximum atomic E-state index is 14.1. The van der Waals surface area contributed by atoms with Crippen molar-refractivity contribution >= 4 is 69.6 Å². The summed E-state index contributed by atoms with van der Waals surface area (Å²) in [6.45, 7) is 4.48. The van der Waals surface area contributed by atoms with Gasteiger partial charge >= 0.3 is 6.18 Å². The Morgan fingerprint density at radius 3 is 2.25 bits per heavy atom. The van der Waals surface area contributed by atoms with Crippen molar-refractivity contribution in [2.45, 2.75) is 76.4 Å². The molecule has 5 N–H and O–H groups in total. The molecule has 1 unspecified atom stereocenters. The van der Waals surface area contributed by atoms with Crippen LogP contribution in [0, 0.1) is 0 Å². The number of Topliss-reactive ketones (excluding diaryl/α,β-unsaturated/α-hetero) is 1. The van der Waals surface area contributed by atoms with Gasteiger partial charge < -0.3 is 30.9 Å². The Bertz CT molecular complexity index is 2530. The molecular formula is C49H56F3N9O7. The molecule has 3 aliphatic heterocycles. The van der Waals surface area contributed by atoms with Crippen LogP contribution in [0.4, 0.5) is 47.4 Å². The SMILES string of the molecule is CNC(=O)c1ccccc1Nc1cc(Nc2ccc(N3CCN(CCCCCCCCCC(=O)CNc4cccc5c4C(=O)N(C4CCC(=O)NC4=O)C5=O)CC3)cc2OC)ncc1C(F)(F)F. The number of hydrogen-bond donors (Lipinski definition) is 5. The highest BCUT2D eigenvalue weighted by Gasteiger charge is 2.45. The fourth-order valence-electron chi connectivity index (χ4n) is 8.76. The molecular weight excluding hydrogens is 884 g/mol. The second-order valence-corrected chi connectivity index (χ2v) is 17.0. The third-order valence-corrected chi connectivity index (χ3v) is 12.4. The van der Waals surface area contributed by atoms with Crippen molar-refractivity contribution in [1.29, 1.82) is 0 Å². The lowest BCUT2D eigenvalue weighted by atomic mass is 10.0. The highest BCUT2D eigenvalue weighted by molar-refractivity contribution is 6.25. The van der Waals surface area contributed by atoms with Crippen molar-refractivity contribution in [1.82, 2.24) is 25.4 Å². The first-order valence-electron chi connectivity index (χ1n) is 22.9. The van der Waals surface area contributed by atoms with Gasteiger partial charge in [0.1, 0.15) is 17.6 Å². The molecule has 3 aromatic carbocycles. The number of carbonyl (C=O) groups is 6. The van der Waals surface area contributed by atoms with E-state index < -0.39 is 47.3 Å². The maximum absolute atomic E-state index is 14.1. The van der Waals surface area contributed by atoms with Crippen LogP contribution in [0.1, 0.15) is 101 Å². The van der Waals surface area contributed by atoms with Crippen molar-refractivity contribution in [3.05, 3.63) is 95.2 Å². The third kappa shape index (κ3) is 11.7. The standard InChI is InChI=1S/C49H56F3N9O7/c1-53-45(64)33-14-9-10-16-36(33)56-39-28-42(55-30-35(39)49(50,51)52)57-37-19-18-31(27-41(37)68-2)60-25-23-59(24-26-60)22-11-7-5-3-4-6-8-13-32(62)29-54-38-17-12-15-34-44(38)48(67)61(47(34)66)40-20-21-43(63)58-46(40)65/h9-10,12,14-19,27-28,30,40,54H,3-8,11,13,20-26,29H2,1-2H3,(H,53,64)(H2,55,56,57)(H,58,63,65). The Balaban J connectivity index is 0.787. The number of anilines is 6. The molecule has 16 nitrogen and oxygen atoms in total. The number of piperazine rings is 1. The number of pyridine rings is 1. The number of imide groups is 2. The molecule has 5 amide bonds. The molecule has 2 fully saturated rings. The molecule has 2 saturated heterocycles. The van der Waals surface area contributed by atoms with E-state index in [9.17, 15) is 41.9 Å². The normalized spacial score (nSPS) is 16.3. The smallest absolute Gasteiger partial charge is 0.419 e. The van der Waals surface area contributed by atoms with Crippen LogP contribution < -0.4 is 36.2 Å². The summed E-state index contributed by atoms with van der Waals surface area (Å²) in [5.74, 6) is -2.13. The van der Waals surface area contributed by atoms with Crippen molar-refractivity contribution in [3.8, 4) is 5.75 Å². The lowest BCUT2D eigenvalue weighted by Gasteiger charge is -2.36. The second kappa shape index (κ2) is 22.2. The summed E-state index contributed by atoms with van der Waals surface area (Å²) >= 11 is 0. The molecule has 4 heterocycles. The molecule has 68 heavy (non-hydrogen) atoms. The quantitative estimate of drug-likeness (QED) is 0.0414. The van der Waals surface area contributed by atoms with Gasteiger partial charge in [-0.05, 0) is 62.2 Å². The summed E-state index contributed by atoms with van der Waals surface area (Å²) in [5.41, 5.74) is 1.29. The van der Waals surface area contributed by atoms with Crippen LogP contribution in [-0.2, 0) is 20.6 Å². The number of benzene rings is 3. The monoisotopic (exact) mass is 939 g/mol. The number of carbonyl (C=O) groups excluding carboxylic acids is 6. The summed E-state index contributed by atoms with van der Waals surface area (Å²) in [6, 6.07) is 16.9. The number of ether oxygens (including phenoxy) is 1. The number of methoxy groups -OCH3 is 1. The molecule has 7 rings (SSSR count). The summed E-state index contributed by atoms with van der Waals surface area (Å²) in [5, 5.41) is 13.6. The molecule has 0 spiro atoms. The number of halogens is 3. The van der Waals surface area contributed by atoms with Crippen molar-refractivity contribution in [2.24, 2.45) is 0 Å². The lowest BCUT2D eigenvalue weighted by Crippen LogP contribution is -2.54. The van der Waals surface area contributed by atoms with E-state index >= 15 is 0 Å². The first kappa shape index (κ1) is 48.9. The number of ketones is 1. The van der Waals surface area contributed by atoms with Crippen molar-refractivity contribution in [2.75, 3.05) is 74.3 Å². The lowest BCUT2D eigenvalue weighted by molar-refractivity contribution is -0.137. The Hall–Kier alpha value is -7.02. The molecule has 1 atom stereocenters. The molecule has 0 bridgehead atoms. The molecule has 4 aromatic rings. The minimum absolute atomic E-state index is 0.00351. The van der Waals surface area contributed by atoms with Crippen LogP contribution >= 0.6 is 0 Å². The average Bonchev–Trinajstić information content (AvgIpc) is 3.58. The van der Waals surface area contributed by atoms with E-state index in [1.54, 1.807) is 24.3 Å². The molecule has 0 saturated carbocycles. The zero-order valence-electron chi connectivity index (χ0n) is 38.1. The topological polar surface area (TPSA) is 194 Å². The largest absolute Gasteiger partial charge is 0.494 e. The van der Waals surface area contributed by atoms with E-state index in [2.05, 4.69) is 41.4 Å². The number of piperidine rings is 1. The van der Waals surface area contributed by atoms with Crippen molar-refractivity contribution in [3.63, 3.8) is 0 Å². The van der Waals surface area contributed by atoms with Gasteiger partial charge in [0, 0.05) is 75.8 Å². The Labute approximate surface area is 392 Å². The van der Waals surface area contributed by atoms with E-state index in [0.717, 1.165) is 94.5 Å². The van der Waals surface area contributed by atoms with Crippen molar-refractivity contribution < 1.29 is 46.7 Å². The zero-order chi connectivity index (χ0) is 48.4. The number of alkyl halides is 3. The van der Waals surface area contributed by atoms with E-state index in [0.29, 0.717) is 23.5 Å². The number of nitrogens with one attached hydrogen (secondary N) is 5. The van der Waals surface area contributed by atoms with Gasteiger partial charge in [-0.25, -0.2) is 4.98 Å². The van der Waals surface area contributed by atoms with Gasteiger partial charge in [-0.1, -0.05) is 50.3 Å². The van der Waals surface area contributed by atoms with Crippen LogP contribution in [0.3, 0.4) is 0 Å². The molecule has 0 radical (unpaired) electrons. The Morgan fingerprint density at radius 2 is 1.53 bits per heavy atom. The van der Waals surface area contributed by atoms with Crippen LogP contribution in [0.15, 0.2) is 72.9 Å². The minimum Gasteiger partial charge on any atom is -0.494 e. The van der Waals surface area contributed by atoms with Gasteiger partial charge in [-0.15, -0.1) is 0 Å². The maximum Gasteiger partial charge on any atom is 0.419 e. The number of fused-ring (bicyclic) bond motifs is 1. The second-order valence-electron chi connectivity index (χ2n) is 17.0. The Kier molecular flexibility index (Phi) is 16.0. The van der Waals surface area contributed by atoms with Gasteiger partial charge in [-0.2, -0.15) is 13.2 Å². The predicted octanol–water partition coefficient (Wildman–Crippen LogP) is 7.28. The van der Waals surface area contributed by atoms with E-state index in [-0.39, 0.29) is 59.1 Å². The third-order valence-electron chi connectivity index (χ3n) is 12.4. The number of rotatable bonds is 21. The first-order chi connectivity index (χ1) is 32.7. The molecule has 0 aliphatic carbocycles. The fourth-order valence-corrected chi connectivity index (χ4v) is 8.76. The summed E-state index contributed by atoms with van der Waals surface area (Å²) in [7, 11) is 2.98. The highest BCUT2D eigenvalue weighted by atomic mass is 19.4. The Morgan fingerprint density at radius 1 is 0.809 bits per heavy atom. The number of para-hydroxylation sites is 1. The van der Waals surface area contributed by atoms with Gasteiger partial charge in [-0.3, -0.25) is 43.9 Å². The van der Waals surface area contributed by atoms with E-state index in [1.165, 1.54) is 38.4 Å². The summed E-state index contributed by atoms with van der Waals surface area (Å²) < 4.78 is 47.8. The number of hydrogen-bond acceptors (Lipinski definition) is 13. The van der Waals surface area contributed by atoms with E-state index in [1.807, 2.05) is 18.2 Å². The molecule has 360 valence electrons. The predicted molar refractivity (Wildman–Crippen MR) is 251 cm³/mol. The average molecular weight is 940 g/mol. The van der Waals surface area contributed by atoms with Crippen LogP contribution in [0.5, 0.6) is 5.75 Å². The highest BCUT2D eigenvalue weighted by Crippen LogP contribution is 2.39. The van der Waals surface area contributed by atoms with E-state index in [4.69, 9.17) is 4.74 Å². The molecule has 3 aliphatic rings. The number of nitrogens with zero attached hydrogens (tertiary/aromatic N) is 4. The summed E-state index contributed by atoms with van der Waals surface area (Å²) in [6.07, 6.45) is 3.69. The molecule has 19 heteroatoms.